The van der Waals surface area contributed by atoms with Gasteiger partial charge in [0.05, 0.1) is 0 Å². The van der Waals surface area contributed by atoms with Gasteiger partial charge in [-0.05, 0) is 42.8 Å². The summed E-state index contributed by atoms with van der Waals surface area (Å²) in [5, 5.41) is 14.8. The Hall–Kier alpha value is -3.25. The first-order valence-electron chi connectivity index (χ1n) is 8.09. The minimum atomic E-state index is -1.13. The molecule has 0 aliphatic carbocycles. The predicted molar refractivity (Wildman–Crippen MR) is 101 cm³/mol. The number of rotatable bonds is 3. The van der Waals surface area contributed by atoms with Crippen molar-refractivity contribution >= 4 is 23.2 Å². The van der Waals surface area contributed by atoms with Crippen LogP contribution in [0.25, 0.3) is 28.2 Å². The van der Waals surface area contributed by atoms with Crippen LogP contribution in [0.15, 0.2) is 54.6 Å². The Bertz CT molecular complexity index is 1190. The number of aromatic nitrogens is 3. The molecule has 4 aromatic rings. The zero-order valence-corrected chi connectivity index (χ0v) is 14.9. The maximum atomic E-state index is 13.3. The van der Waals surface area contributed by atoms with E-state index < -0.39 is 5.97 Å². The number of carbonyl (C=O) groups is 1. The van der Waals surface area contributed by atoms with Gasteiger partial charge in [0.15, 0.2) is 11.5 Å². The minimum Gasteiger partial charge on any atom is -0.478 e. The second kappa shape index (κ2) is 6.48. The summed E-state index contributed by atoms with van der Waals surface area (Å²) in [4.78, 5) is 16.5. The van der Waals surface area contributed by atoms with Crippen molar-refractivity contribution in [1.82, 2.24) is 14.6 Å². The molecule has 5 nitrogen and oxygen atoms in total. The number of hydrogen-bond acceptors (Lipinski definition) is 3. The van der Waals surface area contributed by atoms with E-state index in [1.54, 1.807) is 42.5 Å². The Labute approximate surface area is 158 Å². The van der Waals surface area contributed by atoms with Crippen LogP contribution in [0.2, 0.25) is 5.02 Å². The molecule has 27 heavy (non-hydrogen) atoms. The number of nitrogens with zero attached hydrogens (tertiary/aromatic N) is 3. The third-order valence-corrected chi connectivity index (χ3v) is 4.47. The highest BCUT2D eigenvalue weighted by Crippen LogP contribution is 2.30. The zero-order valence-electron chi connectivity index (χ0n) is 14.1. The van der Waals surface area contributed by atoms with E-state index >= 15 is 0 Å². The van der Waals surface area contributed by atoms with Crippen LogP contribution in [0.3, 0.4) is 0 Å². The van der Waals surface area contributed by atoms with Gasteiger partial charge in [0.25, 0.3) is 0 Å². The fourth-order valence-electron chi connectivity index (χ4n) is 3.00. The number of aromatic carboxylic acids is 1. The molecule has 2 aromatic carbocycles. The van der Waals surface area contributed by atoms with Crippen molar-refractivity contribution in [3.63, 3.8) is 0 Å². The van der Waals surface area contributed by atoms with E-state index in [9.17, 15) is 14.3 Å². The lowest BCUT2D eigenvalue weighted by atomic mass is 10.00. The Kier molecular flexibility index (Phi) is 4.12. The molecule has 0 aliphatic heterocycles. The summed E-state index contributed by atoms with van der Waals surface area (Å²) >= 11 is 6.04. The van der Waals surface area contributed by atoms with Gasteiger partial charge in [-0.3, -0.25) is 0 Å². The Morgan fingerprint density at radius 3 is 2.52 bits per heavy atom. The second-order valence-corrected chi connectivity index (χ2v) is 6.50. The first-order chi connectivity index (χ1) is 12.9. The van der Waals surface area contributed by atoms with Crippen molar-refractivity contribution in [2.75, 3.05) is 0 Å². The van der Waals surface area contributed by atoms with Gasteiger partial charge in [-0.2, -0.15) is 0 Å². The molecule has 2 heterocycles. The minimum absolute atomic E-state index is 0.00739. The summed E-state index contributed by atoms with van der Waals surface area (Å²) in [7, 11) is 0. The van der Waals surface area contributed by atoms with Gasteiger partial charge < -0.3 is 5.11 Å². The molecule has 0 unspecified atom stereocenters. The zero-order chi connectivity index (χ0) is 19.1. The van der Waals surface area contributed by atoms with Crippen LogP contribution in [-0.4, -0.2) is 25.7 Å². The van der Waals surface area contributed by atoms with Gasteiger partial charge in [-0.1, -0.05) is 35.9 Å². The van der Waals surface area contributed by atoms with Crippen LogP contribution in [-0.2, 0) is 0 Å². The van der Waals surface area contributed by atoms with Crippen LogP contribution in [0, 0.1) is 12.7 Å². The fourth-order valence-corrected chi connectivity index (χ4v) is 3.19. The molecule has 7 heteroatoms. The van der Waals surface area contributed by atoms with E-state index in [-0.39, 0.29) is 17.0 Å². The quantitative estimate of drug-likeness (QED) is 0.550. The topological polar surface area (TPSA) is 67.5 Å². The van der Waals surface area contributed by atoms with E-state index in [4.69, 9.17) is 11.6 Å². The monoisotopic (exact) mass is 381 g/mol. The first-order valence-corrected chi connectivity index (χ1v) is 8.47. The molecule has 0 radical (unpaired) electrons. The van der Waals surface area contributed by atoms with Crippen molar-refractivity contribution in [3.05, 3.63) is 76.7 Å². The standard InChI is InChI=1S/C20H13ClFN3O2/c1-11-9-16(12-5-7-15(22)8-6-12)17(20(26)27)19-23-18(24-25(11)19)13-3-2-4-14(21)10-13/h2-10H,1H3,(H,26,27). The fraction of sp³-hybridized carbons (Fsp3) is 0.0500. The summed E-state index contributed by atoms with van der Waals surface area (Å²) in [5.74, 6) is -1.15. The van der Waals surface area contributed by atoms with Gasteiger partial charge in [-0.25, -0.2) is 18.7 Å². The van der Waals surface area contributed by atoms with Crippen molar-refractivity contribution < 1.29 is 14.3 Å². The van der Waals surface area contributed by atoms with Crippen molar-refractivity contribution in [2.24, 2.45) is 0 Å². The number of hydrogen-bond donors (Lipinski definition) is 1. The molecule has 0 bridgehead atoms. The highest BCUT2D eigenvalue weighted by molar-refractivity contribution is 6.30. The average Bonchev–Trinajstić information content (AvgIpc) is 3.07. The van der Waals surface area contributed by atoms with Crippen molar-refractivity contribution in [1.29, 1.82) is 0 Å². The predicted octanol–water partition coefficient (Wildman–Crippen LogP) is 4.86. The van der Waals surface area contributed by atoms with Crippen LogP contribution < -0.4 is 0 Å². The SMILES string of the molecule is Cc1cc(-c2ccc(F)cc2)c(C(=O)O)c2nc(-c3cccc(Cl)c3)nn12. The molecular formula is C20H13ClFN3O2. The molecule has 0 aliphatic rings. The number of aryl methyl sites for hydroxylation is 1. The highest BCUT2D eigenvalue weighted by Gasteiger charge is 2.22. The Balaban J connectivity index is 2.00. The molecule has 0 saturated carbocycles. The van der Waals surface area contributed by atoms with Crippen LogP contribution in [0.1, 0.15) is 16.1 Å². The molecule has 0 fully saturated rings. The van der Waals surface area contributed by atoms with Gasteiger partial charge in [0.2, 0.25) is 0 Å². The molecular weight excluding hydrogens is 369 g/mol. The molecule has 134 valence electrons. The Morgan fingerprint density at radius 1 is 1.11 bits per heavy atom. The maximum absolute atomic E-state index is 13.3. The number of carboxylic acids is 1. The highest BCUT2D eigenvalue weighted by atomic mass is 35.5. The van der Waals surface area contributed by atoms with Crippen molar-refractivity contribution in [2.45, 2.75) is 6.92 Å². The van der Waals surface area contributed by atoms with Gasteiger partial charge in [0, 0.05) is 21.8 Å². The lowest BCUT2D eigenvalue weighted by Gasteiger charge is -2.09. The van der Waals surface area contributed by atoms with Crippen LogP contribution >= 0.6 is 11.6 Å². The van der Waals surface area contributed by atoms with Gasteiger partial charge in [0.1, 0.15) is 11.4 Å². The molecule has 0 spiro atoms. The number of benzene rings is 2. The molecule has 0 amide bonds. The van der Waals surface area contributed by atoms with Crippen molar-refractivity contribution in [3.8, 4) is 22.5 Å². The number of carboxylic acid groups (broad SMARTS) is 1. The largest absolute Gasteiger partial charge is 0.478 e. The van der Waals surface area contributed by atoms with E-state index in [1.165, 1.54) is 16.6 Å². The molecule has 4 rings (SSSR count). The molecule has 1 N–H and O–H groups in total. The normalized spacial score (nSPS) is 11.1. The third-order valence-electron chi connectivity index (χ3n) is 4.24. The lowest BCUT2D eigenvalue weighted by Crippen LogP contribution is -2.06. The van der Waals surface area contributed by atoms with E-state index in [2.05, 4.69) is 10.1 Å². The van der Waals surface area contributed by atoms with Gasteiger partial charge >= 0.3 is 5.97 Å². The van der Waals surface area contributed by atoms with Gasteiger partial charge in [-0.15, -0.1) is 5.10 Å². The summed E-state index contributed by atoms with van der Waals surface area (Å²) in [6.45, 7) is 1.81. The smallest absolute Gasteiger partial charge is 0.340 e. The van der Waals surface area contributed by atoms with E-state index in [1.807, 2.05) is 6.92 Å². The van der Waals surface area contributed by atoms with E-state index in [0.29, 0.717) is 33.2 Å². The first kappa shape index (κ1) is 17.2. The Morgan fingerprint density at radius 2 is 1.85 bits per heavy atom. The summed E-state index contributed by atoms with van der Waals surface area (Å²) in [6, 6.07) is 14.4. The maximum Gasteiger partial charge on any atom is 0.340 e. The molecule has 0 saturated heterocycles. The number of fused-ring (bicyclic) bond motifs is 1. The molecule has 0 atom stereocenters. The summed E-state index contributed by atoms with van der Waals surface area (Å²) in [6.07, 6.45) is 0. The third kappa shape index (κ3) is 3.04. The molecule has 2 aromatic heterocycles. The average molecular weight is 382 g/mol. The summed E-state index contributed by atoms with van der Waals surface area (Å²) in [5.41, 5.74) is 2.66. The van der Waals surface area contributed by atoms with Crippen LogP contribution in [0.4, 0.5) is 4.39 Å². The number of pyridine rings is 1. The van der Waals surface area contributed by atoms with E-state index in [0.717, 1.165) is 0 Å². The summed E-state index contributed by atoms with van der Waals surface area (Å²) < 4.78 is 14.8. The number of halogens is 2. The lowest BCUT2D eigenvalue weighted by molar-refractivity contribution is 0.0699. The second-order valence-electron chi connectivity index (χ2n) is 6.07. The van der Waals surface area contributed by atoms with Crippen LogP contribution in [0.5, 0.6) is 0 Å².